The molecule has 0 aliphatic rings. The van der Waals surface area contributed by atoms with E-state index in [1.807, 2.05) is 6.07 Å². The quantitative estimate of drug-likeness (QED) is 0.601. The fourth-order valence-corrected chi connectivity index (χ4v) is 0.761. The second-order valence-corrected chi connectivity index (χ2v) is 2.15. The Morgan fingerprint density at radius 1 is 1.67 bits per heavy atom. The second kappa shape index (κ2) is 3.33. The molecule has 0 amide bonds. The molecule has 1 radical (unpaired) electrons. The summed E-state index contributed by atoms with van der Waals surface area (Å²) in [6, 6.07) is 1.97. The van der Waals surface area contributed by atoms with Crippen molar-refractivity contribution in [2.24, 2.45) is 0 Å². The lowest BCUT2D eigenvalue weighted by molar-refractivity contribution is 0.553. The second-order valence-electron chi connectivity index (χ2n) is 2.15. The van der Waals surface area contributed by atoms with Crippen molar-refractivity contribution in [3.05, 3.63) is 24.2 Å². The molecule has 0 aliphatic carbocycles. The van der Waals surface area contributed by atoms with Gasteiger partial charge in [-0.3, -0.25) is 0 Å². The van der Waals surface area contributed by atoms with E-state index < -0.39 is 0 Å². The van der Waals surface area contributed by atoms with Gasteiger partial charge in [0, 0.05) is 5.56 Å². The first-order chi connectivity index (χ1) is 4.43. The Kier molecular flexibility index (Phi) is 2.37. The summed E-state index contributed by atoms with van der Waals surface area (Å²) < 4.78 is 4.79. The molecule has 0 bridgehead atoms. The zero-order chi connectivity index (χ0) is 6.53. The third kappa shape index (κ3) is 1.92. The van der Waals surface area contributed by atoms with Gasteiger partial charge in [-0.15, -0.1) is 0 Å². The molecule has 0 N–H and O–H groups in total. The van der Waals surface area contributed by atoms with Crippen molar-refractivity contribution in [2.45, 2.75) is 26.2 Å². The first kappa shape index (κ1) is 6.40. The predicted octanol–water partition coefficient (Wildman–Crippen LogP) is 2.42. The normalized spacial score (nSPS) is 9.89. The van der Waals surface area contributed by atoms with E-state index in [0.717, 1.165) is 6.42 Å². The maximum Gasteiger partial charge on any atom is 0.172 e. The van der Waals surface area contributed by atoms with Crippen molar-refractivity contribution >= 4 is 0 Å². The maximum atomic E-state index is 4.79. The van der Waals surface area contributed by atoms with Crippen molar-refractivity contribution in [1.82, 2.24) is 0 Å². The van der Waals surface area contributed by atoms with Crippen LogP contribution in [0.4, 0.5) is 0 Å². The molecule has 0 saturated heterocycles. The molecule has 0 fully saturated rings. The first-order valence-electron chi connectivity index (χ1n) is 3.37. The molecule has 0 unspecified atom stereocenters. The molecule has 0 aliphatic heterocycles. The summed E-state index contributed by atoms with van der Waals surface area (Å²) in [6.07, 6.45) is 8.04. The Hall–Kier alpha value is -0.720. The fraction of sp³-hybridized carbons (Fsp3) is 0.500. The summed E-state index contributed by atoms with van der Waals surface area (Å²) >= 11 is 0. The molecule has 0 atom stereocenters. The highest BCUT2D eigenvalue weighted by Gasteiger charge is 1.91. The smallest absolute Gasteiger partial charge is 0.172 e. The highest BCUT2D eigenvalue weighted by molar-refractivity contribution is 5.03. The van der Waals surface area contributed by atoms with E-state index in [9.17, 15) is 0 Å². The lowest BCUT2D eigenvalue weighted by atomic mass is 10.2. The number of rotatable bonds is 3. The highest BCUT2D eigenvalue weighted by Crippen LogP contribution is 2.03. The van der Waals surface area contributed by atoms with E-state index in [1.54, 1.807) is 6.26 Å². The zero-order valence-electron chi connectivity index (χ0n) is 5.68. The van der Waals surface area contributed by atoms with Crippen LogP contribution in [0.1, 0.15) is 25.3 Å². The molecule has 1 aromatic heterocycles. The third-order valence-electron chi connectivity index (χ3n) is 1.33. The Bertz CT molecular complexity index is 142. The van der Waals surface area contributed by atoms with Gasteiger partial charge in [-0.1, -0.05) is 13.3 Å². The van der Waals surface area contributed by atoms with Crippen LogP contribution in [0.3, 0.4) is 0 Å². The first-order valence-corrected chi connectivity index (χ1v) is 3.37. The van der Waals surface area contributed by atoms with Crippen LogP contribution >= 0.6 is 0 Å². The fourth-order valence-electron chi connectivity index (χ4n) is 0.761. The van der Waals surface area contributed by atoms with Gasteiger partial charge in [-0.2, -0.15) is 0 Å². The van der Waals surface area contributed by atoms with Crippen molar-refractivity contribution in [3.63, 3.8) is 0 Å². The number of hydrogen-bond acceptors (Lipinski definition) is 1. The van der Waals surface area contributed by atoms with Gasteiger partial charge >= 0.3 is 0 Å². The average Bonchev–Trinajstić information content (AvgIpc) is 2.34. The van der Waals surface area contributed by atoms with E-state index in [-0.39, 0.29) is 0 Å². The predicted molar refractivity (Wildman–Crippen MR) is 36.2 cm³/mol. The van der Waals surface area contributed by atoms with E-state index >= 15 is 0 Å². The van der Waals surface area contributed by atoms with Crippen LogP contribution in [-0.4, -0.2) is 0 Å². The van der Waals surface area contributed by atoms with E-state index in [4.69, 9.17) is 4.42 Å². The lowest BCUT2D eigenvalue weighted by Gasteiger charge is -1.88. The van der Waals surface area contributed by atoms with E-state index in [1.165, 1.54) is 18.4 Å². The third-order valence-corrected chi connectivity index (χ3v) is 1.33. The zero-order valence-corrected chi connectivity index (χ0v) is 5.68. The Labute approximate surface area is 55.7 Å². The molecule has 9 heavy (non-hydrogen) atoms. The molecular weight excluding hydrogens is 112 g/mol. The molecular formula is C8H11O. The van der Waals surface area contributed by atoms with Crippen LogP contribution in [0.15, 0.2) is 16.7 Å². The summed E-state index contributed by atoms with van der Waals surface area (Å²) in [6.45, 7) is 2.18. The van der Waals surface area contributed by atoms with Gasteiger partial charge in [-0.25, -0.2) is 0 Å². The Morgan fingerprint density at radius 2 is 2.56 bits per heavy atom. The van der Waals surface area contributed by atoms with Crippen LogP contribution in [0.25, 0.3) is 0 Å². The van der Waals surface area contributed by atoms with Gasteiger partial charge < -0.3 is 4.42 Å². The summed E-state index contributed by atoms with van der Waals surface area (Å²) in [7, 11) is 0. The van der Waals surface area contributed by atoms with Crippen LogP contribution in [0.5, 0.6) is 0 Å². The van der Waals surface area contributed by atoms with Gasteiger partial charge in [0.2, 0.25) is 0 Å². The van der Waals surface area contributed by atoms with Gasteiger partial charge in [0.25, 0.3) is 0 Å². The molecule has 1 nitrogen and oxygen atoms in total. The minimum absolute atomic E-state index is 1.10. The summed E-state index contributed by atoms with van der Waals surface area (Å²) in [4.78, 5) is 0. The van der Waals surface area contributed by atoms with Crippen LogP contribution < -0.4 is 0 Å². The van der Waals surface area contributed by atoms with Gasteiger partial charge in [0.1, 0.15) is 0 Å². The topological polar surface area (TPSA) is 13.1 Å². The minimum Gasteiger partial charge on any atom is -0.461 e. The number of unbranched alkanes of at least 4 members (excludes halogenated alkanes) is 1. The van der Waals surface area contributed by atoms with E-state index in [2.05, 4.69) is 13.2 Å². The highest BCUT2D eigenvalue weighted by atomic mass is 16.3. The van der Waals surface area contributed by atoms with Crippen LogP contribution in [0.2, 0.25) is 0 Å². The molecule has 49 valence electrons. The van der Waals surface area contributed by atoms with Crippen molar-refractivity contribution < 1.29 is 4.42 Å². The summed E-state index contributed by atoms with van der Waals surface area (Å²) in [5.41, 5.74) is 1.19. The Morgan fingerprint density at radius 3 is 3.11 bits per heavy atom. The molecule has 0 saturated carbocycles. The molecule has 1 heteroatoms. The molecule has 1 aromatic rings. The molecule has 0 aromatic carbocycles. The van der Waals surface area contributed by atoms with Crippen molar-refractivity contribution in [1.29, 1.82) is 0 Å². The molecule has 1 heterocycles. The summed E-state index contributed by atoms with van der Waals surface area (Å²) in [5.74, 6) is 0. The average molecular weight is 123 g/mol. The number of hydrogen-bond donors (Lipinski definition) is 0. The largest absolute Gasteiger partial charge is 0.461 e. The van der Waals surface area contributed by atoms with Gasteiger partial charge in [-0.05, 0) is 18.9 Å². The van der Waals surface area contributed by atoms with Crippen molar-refractivity contribution in [2.75, 3.05) is 0 Å². The maximum absolute atomic E-state index is 4.79. The summed E-state index contributed by atoms with van der Waals surface area (Å²) in [5, 5.41) is 0. The van der Waals surface area contributed by atoms with Gasteiger partial charge in [0.05, 0.1) is 6.26 Å². The van der Waals surface area contributed by atoms with Gasteiger partial charge in [0.15, 0.2) is 6.26 Å². The number of aryl methyl sites for hydroxylation is 1. The standard InChI is InChI=1S/C8H11O/c1-2-3-4-8-5-6-9-7-8/h5-6H,2-4H2,1H3. The van der Waals surface area contributed by atoms with E-state index in [0.29, 0.717) is 0 Å². The SMILES string of the molecule is CCCCc1[c]occ1. The Balaban J connectivity index is 2.30. The minimum atomic E-state index is 1.10. The molecule has 1 rings (SSSR count). The molecule has 0 spiro atoms. The monoisotopic (exact) mass is 123 g/mol. The van der Waals surface area contributed by atoms with Crippen molar-refractivity contribution in [3.8, 4) is 0 Å². The van der Waals surface area contributed by atoms with Crippen LogP contribution in [0, 0.1) is 6.26 Å². The van der Waals surface area contributed by atoms with Crippen LogP contribution in [-0.2, 0) is 6.42 Å². The lowest BCUT2D eigenvalue weighted by Crippen LogP contribution is -1.78. The number of furan rings is 1.